The van der Waals surface area contributed by atoms with Crippen LogP contribution in [0.15, 0.2) is 36.4 Å². The molecule has 1 amide bonds. The highest BCUT2D eigenvalue weighted by Gasteiger charge is 2.13. The molecule has 0 fully saturated rings. The summed E-state index contributed by atoms with van der Waals surface area (Å²) < 4.78 is 0. The van der Waals surface area contributed by atoms with Crippen molar-refractivity contribution >= 4 is 34.8 Å². The number of aromatic hydroxyl groups is 1. The van der Waals surface area contributed by atoms with Crippen molar-refractivity contribution in [3.05, 3.63) is 57.6 Å². The highest BCUT2D eigenvalue weighted by Crippen LogP contribution is 2.27. The Morgan fingerprint density at radius 2 is 1.95 bits per heavy atom. The van der Waals surface area contributed by atoms with Crippen molar-refractivity contribution in [2.24, 2.45) is 0 Å². The van der Waals surface area contributed by atoms with Crippen LogP contribution < -0.4 is 5.32 Å². The highest BCUT2D eigenvalue weighted by atomic mass is 35.5. The maximum Gasteiger partial charge on any atom is 0.257 e. The van der Waals surface area contributed by atoms with Crippen molar-refractivity contribution in [2.45, 2.75) is 6.92 Å². The standard InChI is InChI=1S/C14H11Cl2NO2/c1-8-7-9(5-6-12(8)18)17-14(19)10-3-2-4-11(15)13(10)16/h2-7,18H,1H3,(H,17,19). The predicted molar refractivity (Wildman–Crippen MR) is 77.3 cm³/mol. The van der Waals surface area contributed by atoms with Gasteiger partial charge in [-0.25, -0.2) is 0 Å². The van der Waals surface area contributed by atoms with Crippen molar-refractivity contribution in [3.63, 3.8) is 0 Å². The molecule has 0 aromatic heterocycles. The Balaban J connectivity index is 2.26. The van der Waals surface area contributed by atoms with Gasteiger partial charge in [-0.1, -0.05) is 29.3 Å². The number of nitrogens with one attached hydrogen (secondary N) is 1. The fraction of sp³-hybridized carbons (Fsp3) is 0.0714. The zero-order valence-electron chi connectivity index (χ0n) is 10.1. The van der Waals surface area contributed by atoms with E-state index in [1.54, 1.807) is 37.3 Å². The van der Waals surface area contributed by atoms with Crippen LogP contribution in [-0.4, -0.2) is 11.0 Å². The van der Waals surface area contributed by atoms with E-state index in [9.17, 15) is 9.90 Å². The number of phenolic OH excluding ortho intramolecular Hbond substituents is 1. The number of rotatable bonds is 2. The molecule has 2 rings (SSSR count). The van der Waals surface area contributed by atoms with Crippen LogP contribution in [0, 0.1) is 6.92 Å². The lowest BCUT2D eigenvalue weighted by atomic mass is 10.1. The van der Waals surface area contributed by atoms with Gasteiger partial charge in [-0.3, -0.25) is 4.79 Å². The summed E-state index contributed by atoms with van der Waals surface area (Å²) in [6.07, 6.45) is 0. The first-order valence-electron chi connectivity index (χ1n) is 5.54. The fourth-order valence-electron chi connectivity index (χ4n) is 1.61. The number of anilines is 1. The van der Waals surface area contributed by atoms with Gasteiger partial charge in [0.15, 0.2) is 0 Å². The van der Waals surface area contributed by atoms with Gasteiger partial charge in [-0.15, -0.1) is 0 Å². The minimum absolute atomic E-state index is 0.179. The molecular weight excluding hydrogens is 285 g/mol. The summed E-state index contributed by atoms with van der Waals surface area (Å²) in [5.41, 5.74) is 1.56. The van der Waals surface area contributed by atoms with Gasteiger partial charge in [-0.2, -0.15) is 0 Å². The van der Waals surface area contributed by atoms with E-state index in [2.05, 4.69) is 5.32 Å². The van der Waals surface area contributed by atoms with Crippen molar-refractivity contribution < 1.29 is 9.90 Å². The van der Waals surface area contributed by atoms with Crippen LogP contribution >= 0.6 is 23.2 Å². The van der Waals surface area contributed by atoms with Gasteiger partial charge in [-0.05, 0) is 42.8 Å². The summed E-state index contributed by atoms with van der Waals surface area (Å²) in [5.74, 6) is -0.170. The largest absolute Gasteiger partial charge is 0.508 e. The van der Waals surface area contributed by atoms with E-state index >= 15 is 0 Å². The average molecular weight is 296 g/mol. The lowest BCUT2D eigenvalue weighted by Gasteiger charge is -2.08. The first-order chi connectivity index (χ1) is 8.99. The molecule has 0 atom stereocenters. The second-order valence-corrected chi connectivity index (χ2v) is 4.84. The number of amides is 1. The Morgan fingerprint density at radius 1 is 1.21 bits per heavy atom. The molecule has 98 valence electrons. The minimum atomic E-state index is -0.349. The number of carbonyl (C=O) groups is 1. The molecule has 0 spiro atoms. The number of halogens is 2. The van der Waals surface area contributed by atoms with Crippen LogP contribution in [0.4, 0.5) is 5.69 Å². The minimum Gasteiger partial charge on any atom is -0.508 e. The third-order valence-corrected chi connectivity index (χ3v) is 3.47. The van der Waals surface area contributed by atoms with Crippen LogP contribution in [0.25, 0.3) is 0 Å². The molecular formula is C14H11Cl2NO2. The Labute approximate surface area is 120 Å². The van der Waals surface area contributed by atoms with Gasteiger partial charge >= 0.3 is 0 Å². The van der Waals surface area contributed by atoms with E-state index in [0.29, 0.717) is 21.8 Å². The van der Waals surface area contributed by atoms with Crippen LogP contribution in [0.2, 0.25) is 10.0 Å². The maximum absolute atomic E-state index is 12.1. The van der Waals surface area contributed by atoms with Crippen LogP contribution in [0.5, 0.6) is 5.75 Å². The van der Waals surface area contributed by atoms with Gasteiger partial charge < -0.3 is 10.4 Å². The second kappa shape index (κ2) is 5.51. The van der Waals surface area contributed by atoms with Crippen molar-refractivity contribution in [2.75, 3.05) is 5.32 Å². The molecule has 0 aliphatic carbocycles. The van der Waals surface area contributed by atoms with Crippen LogP contribution in [0.3, 0.4) is 0 Å². The molecule has 5 heteroatoms. The summed E-state index contributed by atoms with van der Waals surface area (Å²) >= 11 is 11.8. The molecule has 2 aromatic carbocycles. The SMILES string of the molecule is Cc1cc(NC(=O)c2cccc(Cl)c2Cl)ccc1O. The van der Waals surface area contributed by atoms with Crippen LogP contribution in [0.1, 0.15) is 15.9 Å². The first kappa shape index (κ1) is 13.7. The summed E-state index contributed by atoms with van der Waals surface area (Å²) in [7, 11) is 0. The smallest absolute Gasteiger partial charge is 0.257 e. The van der Waals surface area contributed by atoms with Gasteiger partial charge in [0.05, 0.1) is 15.6 Å². The summed E-state index contributed by atoms with van der Waals surface area (Å²) in [5, 5.41) is 12.7. The maximum atomic E-state index is 12.1. The molecule has 0 saturated carbocycles. The normalized spacial score (nSPS) is 10.3. The first-order valence-corrected chi connectivity index (χ1v) is 6.29. The van der Waals surface area contributed by atoms with E-state index in [1.807, 2.05) is 0 Å². The monoisotopic (exact) mass is 295 g/mol. The molecule has 3 nitrogen and oxygen atoms in total. The van der Waals surface area contributed by atoms with Gasteiger partial charge in [0.1, 0.15) is 5.75 Å². The predicted octanol–water partition coefficient (Wildman–Crippen LogP) is 4.26. The molecule has 0 aliphatic heterocycles. The zero-order chi connectivity index (χ0) is 14.0. The number of hydrogen-bond donors (Lipinski definition) is 2. The quantitative estimate of drug-likeness (QED) is 0.813. The molecule has 19 heavy (non-hydrogen) atoms. The molecule has 0 saturated heterocycles. The Bertz CT molecular complexity index is 641. The molecule has 0 aliphatic rings. The summed E-state index contributed by atoms with van der Waals surface area (Å²) in [4.78, 5) is 12.1. The Morgan fingerprint density at radius 3 is 2.63 bits per heavy atom. The van der Waals surface area contributed by atoms with E-state index in [4.69, 9.17) is 23.2 Å². The number of carbonyl (C=O) groups excluding carboxylic acids is 1. The fourth-order valence-corrected chi connectivity index (χ4v) is 2.00. The number of hydrogen-bond acceptors (Lipinski definition) is 2. The van der Waals surface area contributed by atoms with Gasteiger partial charge in [0, 0.05) is 5.69 Å². The third-order valence-electron chi connectivity index (χ3n) is 2.65. The number of benzene rings is 2. The molecule has 2 aromatic rings. The van der Waals surface area contributed by atoms with Gasteiger partial charge in [0.2, 0.25) is 0 Å². The lowest BCUT2D eigenvalue weighted by Crippen LogP contribution is -2.12. The number of aryl methyl sites for hydroxylation is 1. The third kappa shape index (κ3) is 3.00. The topological polar surface area (TPSA) is 49.3 Å². The summed E-state index contributed by atoms with van der Waals surface area (Å²) in [6, 6.07) is 9.67. The molecule has 2 N–H and O–H groups in total. The lowest BCUT2D eigenvalue weighted by molar-refractivity contribution is 0.102. The zero-order valence-corrected chi connectivity index (χ0v) is 11.6. The molecule has 0 heterocycles. The highest BCUT2D eigenvalue weighted by molar-refractivity contribution is 6.44. The Kier molecular flexibility index (Phi) is 3.98. The van der Waals surface area contributed by atoms with Crippen molar-refractivity contribution in [3.8, 4) is 5.75 Å². The van der Waals surface area contributed by atoms with Gasteiger partial charge in [0.25, 0.3) is 5.91 Å². The van der Waals surface area contributed by atoms with Crippen molar-refractivity contribution in [1.29, 1.82) is 0 Å². The van der Waals surface area contributed by atoms with E-state index in [1.165, 1.54) is 6.07 Å². The molecule has 0 radical (unpaired) electrons. The number of phenols is 1. The second-order valence-electron chi connectivity index (χ2n) is 4.06. The van der Waals surface area contributed by atoms with E-state index < -0.39 is 0 Å². The van der Waals surface area contributed by atoms with E-state index in [-0.39, 0.29) is 16.7 Å². The molecule has 0 unspecified atom stereocenters. The van der Waals surface area contributed by atoms with Crippen LogP contribution in [-0.2, 0) is 0 Å². The summed E-state index contributed by atoms with van der Waals surface area (Å²) in [6.45, 7) is 1.75. The molecule has 0 bridgehead atoms. The van der Waals surface area contributed by atoms with E-state index in [0.717, 1.165) is 0 Å². The Hall–Kier alpha value is -1.71. The average Bonchev–Trinajstić information content (AvgIpc) is 2.37. The van der Waals surface area contributed by atoms with Crippen molar-refractivity contribution in [1.82, 2.24) is 0 Å².